The molecule has 0 bridgehead atoms. The zero-order valence-electron chi connectivity index (χ0n) is 46.7. The molecule has 0 aromatic carbocycles. The highest BCUT2D eigenvalue weighted by molar-refractivity contribution is 5.71. The first kappa shape index (κ1) is 67.6. The summed E-state index contributed by atoms with van der Waals surface area (Å²) in [6, 6.07) is 0. The molecule has 1 atom stereocenters. The molecule has 0 aromatic heterocycles. The zero-order chi connectivity index (χ0) is 51.4. The summed E-state index contributed by atoms with van der Waals surface area (Å²) in [5.41, 5.74) is 0. The summed E-state index contributed by atoms with van der Waals surface area (Å²) >= 11 is 0. The van der Waals surface area contributed by atoms with Gasteiger partial charge in [0.15, 0.2) is 6.10 Å². The first-order chi connectivity index (χ1) is 35.0. The third-order valence-electron chi connectivity index (χ3n) is 12.9. The van der Waals surface area contributed by atoms with Gasteiger partial charge in [-0.15, -0.1) is 0 Å². The number of rotatable bonds is 54. The second-order valence-electron chi connectivity index (χ2n) is 19.9. The van der Waals surface area contributed by atoms with Crippen LogP contribution >= 0.6 is 0 Å². The monoisotopic (exact) mass is 989 g/mol. The predicted octanol–water partition coefficient (Wildman–Crippen LogP) is 20.3. The van der Waals surface area contributed by atoms with Crippen LogP contribution in [0.2, 0.25) is 0 Å². The maximum absolute atomic E-state index is 12.8. The van der Waals surface area contributed by atoms with Crippen LogP contribution in [-0.4, -0.2) is 37.2 Å². The zero-order valence-corrected chi connectivity index (χ0v) is 46.7. The SMILES string of the molecule is CC/C=C\C/C=C\C/C=C\C/C=C\C/C=C\CCCCCC(=O)OC[C@H](COC(=O)CCCCCCCCCCCCC/C=C\CCCCCCCC)OC(=O)CCCCCCC/C=C\CCCCCC. The van der Waals surface area contributed by atoms with E-state index in [-0.39, 0.29) is 31.1 Å². The maximum atomic E-state index is 12.8. The molecule has 6 heteroatoms. The van der Waals surface area contributed by atoms with Gasteiger partial charge >= 0.3 is 17.9 Å². The van der Waals surface area contributed by atoms with Gasteiger partial charge in [-0.3, -0.25) is 14.4 Å². The molecule has 0 spiro atoms. The second-order valence-corrected chi connectivity index (χ2v) is 19.9. The Labute approximate surface area is 439 Å². The van der Waals surface area contributed by atoms with Crippen molar-refractivity contribution in [1.82, 2.24) is 0 Å². The highest BCUT2D eigenvalue weighted by atomic mass is 16.6. The number of carbonyl (C=O) groups is 3. The van der Waals surface area contributed by atoms with Crippen LogP contribution in [0.3, 0.4) is 0 Å². The lowest BCUT2D eigenvalue weighted by Crippen LogP contribution is -2.30. The number of esters is 3. The Kier molecular flexibility index (Phi) is 56.3. The van der Waals surface area contributed by atoms with Crippen LogP contribution in [0.1, 0.15) is 290 Å². The fourth-order valence-electron chi connectivity index (χ4n) is 8.34. The van der Waals surface area contributed by atoms with Gasteiger partial charge in [-0.25, -0.2) is 0 Å². The molecule has 0 fully saturated rings. The van der Waals surface area contributed by atoms with E-state index >= 15 is 0 Å². The van der Waals surface area contributed by atoms with Crippen molar-refractivity contribution in [3.05, 3.63) is 85.1 Å². The first-order valence-electron chi connectivity index (χ1n) is 30.1. The van der Waals surface area contributed by atoms with E-state index in [1.165, 1.54) is 141 Å². The topological polar surface area (TPSA) is 78.9 Å². The molecule has 6 nitrogen and oxygen atoms in total. The van der Waals surface area contributed by atoms with E-state index in [2.05, 4.69) is 106 Å². The molecule has 0 amide bonds. The Bertz CT molecular complexity index is 1370. The minimum absolute atomic E-state index is 0.0901. The van der Waals surface area contributed by atoms with E-state index in [4.69, 9.17) is 14.2 Å². The highest BCUT2D eigenvalue weighted by Crippen LogP contribution is 2.15. The van der Waals surface area contributed by atoms with Crippen LogP contribution in [0.15, 0.2) is 85.1 Å². The van der Waals surface area contributed by atoms with Gasteiger partial charge in [0, 0.05) is 19.3 Å². The van der Waals surface area contributed by atoms with E-state index in [9.17, 15) is 14.4 Å². The predicted molar refractivity (Wildman–Crippen MR) is 307 cm³/mol. The summed E-state index contributed by atoms with van der Waals surface area (Å²) in [6.45, 7) is 6.49. The fourth-order valence-corrected chi connectivity index (χ4v) is 8.34. The molecular weight excluding hydrogens is 877 g/mol. The molecule has 0 N–H and O–H groups in total. The van der Waals surface area contributed by atoms with Crippen molar-refractivity contribution in [1.29, 1.82) is 0 Å². The lowest BCUT2D eigenvalue weighted by Gasteiger charge is -2.18. The number of hydrogen-bond acceptors (Lipinski definition) is 6. The summed E-state index contributed by atoms with van der Waals surface area (Å²) in [5, 5.41) is 0. The average molecular weight is 990 g/mol. The molecule has 0 aliphatic heterocycles. The van der Waals surface area contributed by atoms with Gasteiger partial charge < -0.3 is 14.2 Å². The first-order valence-corrected chi connectivity index (χ1v) is 30.1. The number of hydrogen-bond donors (Lipinski definition) is 0. The van der Waals surface area contributed by atoms with Gasteiger partial charge in [-0.2, -0.15) is 0 Å². The molecule has 408 valence electrons. The third-order valence-corrected chi connectivity index (χ3v) is 12.9. The molecular formula is C65H112O6. The van der Waals surface area contributed by atoms with E-state index in [0.29, 0.717) is 19.3 Å². The summed E-state index contributed by atoms with van der Waals surface area (Å²) in [6.07, 6.45) is 77.2. The molecule has 71 heavy (non-hydrogen) atoms. The smallest absolute Gasteiger partial charge is 0.306 e. The summed E-state index contributed by atoms with van der Waals surface area (Å²) in [7, 11) is 0. The average Bonchev–Trinajstić information content (AvgIpc) is 3.37. The maximum Gasteiger partial charge on any atom is 0.306 e. The lowest BCUT2D eigenvalue weighted by molar-refractivity contribution is -0.167. The number of allylic oxidation sites excluding steroid dienone is 14. The fraction of sp³-hybridized carbons (Fsp3) is 0.738. The molecule has 0 saturated carbocycles. The molecule has 0 radical (unpaired) electrons. The quantitative estimate of drug-likeness (QED) is 0.0261. The third kappa shape index (κ3) is 57.4. The van der Waals surface area contributed by atoms with E-state index in [1.807, 2.05) is 0 Å². The lowest BCUT2D eigenvalue weighted by atomic mass is 10.0. The van der Waals surface area contributed by atoms with Gasteiger partial charge in [0.2, 0.25) is 0 Å². The van der Waals surface area contributed by atoms with Crippen LogP contribution in [0, 0.1) is 0 Å². The Morgan fingerprint density at radius 1 is 0.296 bits per heavy atom. The van der Waals surface area contributed by atoms with Gasteiger partial charge in [-0.1, -0.05) is 241 Å². The van der Waals surface area contributed by atoms with Crippen LogP contribution in [0.25, 0.3) is 0 Å². The van der Waals surface area contributed by atoms with E-state index in [0.717, 1.165) is 109 Å². The highest BCUT2D eigenvalue weighted by Gasteiger charge is 2.19. The minimum Gasteiger partial charge on any atom is -0.462 e. The molecule has 0 saturated heterocycles. The van der Waals surface area contributed by atoms with Gasteiger partial charge in [0.05, 0.1) is 0 Å². The van der Waals surface area contributed by atoms with Crippen molar-refractivity contribution in [2.75, 3.05) is 13.2 Å². The minimum atomic E-state index is -0.795. The second kappa shape index (κ2) is 59.2. The Morgan fingerprint density at radius 3 is 0.901 bits per heavy atom. The van der Waals surface area contributed by atoms with Crippen molar-refractivity contribution in [3.63, 3.8) is 0 Å². The molecule has 0 aromatic rings. The summed E-state index contributed by atoms with van der Waals surface area (Å²) in [5.74, 6) is -0.926. The van der Waals surface area contributed by atoms with Crippen molar-refractivity contribution < 1.29 is 28.6 Å². The molecule has 0 unspecified atom stereocenters. The largest absolute Gasteiger partial charge is 0.462 e. The van der Waals surface area contributed by atoms with Gasteiger partial charge in [-0.05, 0) is 116 Å². The van der Waals surface area contributed by atoms with Crippen molar-refractivity contribution in [2.45, 2.75) is 297 Å². The number of unbranched alkanes of at least 4 members (excludes halogenated alkanes) is 29. The summed E-state index contributed by atoms with van der Waals surface area (Å²) in [4.78, 5) is 38.2. The van der Waals surface area contributed by atoms with Crippen LogP contribution in [0.5, 0.6) is 0 Å². The van der Waals surface area contributed by atoms with Crippen LogP contribution in [-0.2, 0) is 28.6 Å². The van der Waals surface area contributed by atoms with E-state index < -0.39 is 6.10 Å². The van der Waals surface area contributed by atoms with Crippen molar-refractivity contribution in [2.24, 2.45) is 0 Å². The van der Waals surface area contributed by atoms with Crippen molar-refractivity contribution >= 4 is 17.9 Å². The molecule has 0 rings (SSSR count). The Morgan fingerprint density at radius 2 is 0.549 bits per heavy atom. The molecule has 0 heterocycles. The number of ether oxygens (including phenoxy) is 3. The molecule has 0 aliphatic carbocycles. The van der Waals surface area contributed by atoms with E-state index in [1.54, 1.807) is 0 Å². The Hall–Kier alpha value is -3.41. The standard InChI is InChI=1S/C65H112O6/c1-4-7-10-13-16-19-22-25-27-29-31-32-34-36-38-41-43-46-49-52-55-58-64(67)70-61-62(71-65(68)59-56-53-50-47-44-39-24-21-18-15-12-9-6-3)60-69-63(66)57-54-51-48-45-42-40-37-35-33-30-28-26-23-20-17-14-11-8-5-2/h8,11,17,20-21,24-28,33,35,40,42,62H,4-7,9-10,12-16,18-19,22-23,29-32,34,36-39,41,43-61H2,1-3H3/b11-8-,20-17-,24-21-,27-25-,28-26-,35-33-,42-40-/t62-/m1/s1. The van der Waals surface area contributed by atoms with Gasteiger partial charge in [0.1, 0.15) is 13.2 Å². The van der Waals surface area contributed by atoms with Crippen LogP contribution in [0.4, 0.5) is 0 Å². The number of carbonyl (C=O) groups excluding carboxylic acids is 3. The summed E-state index contributed by atoms with van der Waals surface area (Å²) < 4.78 is 16.9. The van der Waals surface area contributed by atoms with Crippen LogP contribution < -0.4 is 0 Å². The normalized spacial score (nSPS) is 12.7. The Balaban J connectivity index is 4.38. The van der Waals surface area contributed by atoms with Crippen molar-refractivity contribution in [3.8, 4) is 0 Å². The molecule has 0 aliphatic rings. The van der Waals surface area contributed by atoms with Gasteiger partial charge in [0.25, 0.3) is 0 Å².